The predicted molar refractivity (Wildman–Crippen MR) is 83.8 cm³/mol. The van der Waals surface area contributed by atoms with E-state index in [-0.39, 0.29) is 18.2 Å². The number of nitrogens with one attached hydrogen (secondary N) is 1. The van der Waals surface area contributed by atoms with Crippen LogP contribution in [0.5, 0.6) is 0 Å². The third-order valence-electron chi connectivity index (χ3n) is 2.84. The number of carbonyl (C=O) groups is 2. The van der Waals surface area contributed by atoms with Crippen LogP contribution in [0.2, 0.25) is 0 Å². The first-order valence-corrected chi connectivity index (χ1v) is 8.16. The molecule has 0 aliphatic carbocycles. The van der Waals surface area contributed by atoms with Gasteiger partial charge in [0, 0.05) is 6.54 Å². The van der Waals surface area contributed by atoms with Crippen LogP contribution in [0.3, 0.4) is 0 Å². The Morgan fingerprint density at radius 2 is 2.22 bits per heavy atom. The predicted octanol–water partition coefficient (Wildman–Crippen LogP) is 1.33. The van der Waals surface area contributed by atoms with Crippen molar-refractivity contribution in [1.29, 1.82) is 0 Å². The normalized spacial score (nSPS) is 10.5. The Morgan fingerprint density at radius 1 is 1.39 bits per heavy atom. The first-order valence-electron chi connectivity index (χ1n) is 7.17. The molecule has 1 N–H and O–H groups in total. The minimum absolute atomic E-state index is 0.134. The van der Waals surface area contributed by atoms with Gasteiger partial charge in [-0.05, 0) is 26.0 Å². The number of aromatic nitrogens is 3. The zero-order chi connectivity index (χ0) is 16.7. The summed E-state index contributed by atoms with van der Waals surface area (Å²) in [6.07, 6.45) is 1.57. The van der Waals surface area contributed by atoms with E-state index in [0.717, 1.165) is 0 Å². The second kappa shape index (κ2) is 8.37. The molecule has 2 rings (SSSR count). The van der Waals surface area contributed by atoms with Gasteiger partial charge in [0.15, 0.2) is 16.7 Å². The second-order valence-corrected chi connectivity index (χ2v) is 5.34. The molecule has 0 unspecified atom stereocenters. The maximum absolute atomic E-state index is 11.7. The summed E-state index contributed by atoms with van der Waals surface area (Å²) in [5.74, 6) is 0.649. The van der Waals surface area contributed by atoms with E-state index in [4.69, 9.17) is 9.15 Å². The number of hydrogen-bond acceptors (Lipinski definition) is 7. The number of amides is 1. The molecule has 9 heteroatoms. The van der Waals surface area contributed by atoms with Crippen molar-refractivity contribution in [2.45, 2.75) is 25.5 Å². The fourth-order valence-corrected chi connectivity index (χ4v) is 2.66. The molecule has 2 aromatic heterocycles. The zero-order valence-electron chi connectivity index (χ0n) is 12.9. The van der Waals surface area contributed by atoms with Gasteiger partial charge in [0.2, 0.25) is 5.91 Å². The van der Waals surface area contributed by atoms with Crippen LogP contribution >= 0.6 is 11.8 Å². The molecule has 8 nitrogen and oxygen atoms in total. The molecule has 0 aromatic carbocycles. The summed E-state index contributed by atoms with van der Waals surface area (Å²) < 4.78 is 11.9. The molecule has 0 fully saturated rings. The summed E-state index contributed by atoms with van der Waals surface area (Å²) in [6, 6.07) is 3.58. The van der Waals surface area contributed by atoms with Crippen LogP contribution in [0, 0.1) is 0 Å². The van der Waals surface area contributed by atoms with Crippen LogP contribution in [0.1, 0.15) is 13.8 Å². The maximum Gasteiger partial charge on any atom is 0.325 e. The zero-order valence-corrected chi connectivity index (χ0v) is 13.8. The van der Waals surface area contributed by atoms with E-state index in [1.807, 2.05) is 11.5 Å². The molecule has 0 aliphatic rings. The molecule has 2 aromatic rings. The molecule has 124 valence electrons. The molecule has 0 saturated heterocycles. The van der Waals surface area contributed by atoms with Gasteiger partial charge in [-0.25, -0.2) is 0 Å². The summed E-state index contributed by atoms with van der Waals surface area (Å²) in [4.78, 5) is 22.9. The van der Waals surface area contributed by atoms with Crippen molar-refractivity contribution in [2.75, 3.05) is 18.9 Å². The lowest BCUT2D eigenvalue weighted by Crippen LogP contribution is -2.31. The monoisotopic (exact) mass is 338 g/mol. The van der Waals surface area contributed by atoms with Gasteiger partial charge in [-0.2, -0.15) is 0 Å². The van der Waals surface area contributed by atoms with E-state index < -0.39 is 5.97 Å². The van der Waals surface area contributed by atoms with Crippen molar-refractivity contribution in [3.63, 3.8) is 0 Å². The van der Waals surface area contributed by atoms with Gasteiger partial charge in [0.25, 0.3) is 0 Å². The van der Waals surface area contributed by atoms with Crippen LogP contribution < -0.4 is 5.32 Å². The molecule has 1 amide bonds. The molecule has 0 saturated carbocycles. The van der Waals surface area contributed by atoms with E-state index >= 15 is 0 Å². The van der Waals surface area contributed by atoms with Gasteiger partial charge in [0.1, 0.15) is 6.54 Å². The van der Waals surface area contributed by atoms with Gasteiger partial charge in [-0.3, -0.25) is 14.2 Å². The third kappa shape index (κ3) is 4.59. The average Bonchev–Trinajstić information content (AvgIpc) is 3.19. The summed E-state index contributed by atoms with van der Waals surface area (Å²) in [5.41, 5.74) is 0. The molecule has 2 heterocycles. The van der Waals surface area contributed by atoms with Gasteiger partial charge in [-0.15, -0.1) is 10.2 Å². The molecule has 0 radical (unpaired) electrons. The smallest absolute Gasteiger partial charge is 0.325 e. The number of furan rings is 1. The maximum atomic E-state index is 11.7. The van der Waals surface area contributed by atoms with Crippen molar-refractivity contribution in [1.82, 2.24) is 20.1 Å². The van der Waals surface area contributed by atoms with Gasteiger partial charge in [0.05, 0.1) is 18.6 Å². The molecule has 0 aliphatic heterocycles. The highest BCUT2D eigenvalue weighted by Crippen LogP contribution is 2.23. The average molecular weight is 338 g/mol. The number of esters is 1. The second-order valence-electron chi connectivity index (χ2n) is 4.40. The van der Waals surface area contributed by atoms with E-state index in [1.165, 1.54) is 11.8 Å². The van der Waals surface area contributed by atoms with Crippen LogP contribution in [0.4, 0.5) is 0 Å². The van der Waals surface area contributed by atoms with Crippen molar-refractivity contribution in [3.05, 3.63) is 18.4 Å². The van der Waals surface area contributed by atoms with Crippen LogP contribution in [-0.4, -0.2) is 45.5 Å². The molecule has 23 heavy (non-hydrogen) atoms. The van der Waals surface area contributed by atoms with E-state index in [0.29, 0.717) is 29.9 Å². The van der Waals surface area contributed by atoms with Gasteiger partial charge >= 0.3 is 5.97 Å². The summed E-state index contributed by atoms with van der Waals surface area (Å²) in [7, 11) is 0. The lowest BCUT2D eigenvalue weighted by molar-refractivity contribution is -0.143. The Balaban J connectivity index is 1.91. The summed E-state index contributed by atoms with van der Waals surface area (Å²) in [5, 5.41) is 11.3. The fourth-order valence-electron chi connectivity index (χ4n) is 1.83. The summed E-state index contributed by atoms with van der Waals surface area (Å²) >= 11 is 1.25. The van der Waals surface area contributed by atoms with E-state index in [1.54, 1.807) is 25.3 Å². The molecular weight excluding hydrogens is 320 g/mol. The Kier molecular flexibility index (Phi) is 6.21. The van der Waals surface area contributed by atoms with Crippen LogP contribution in [-0.2, 0) is 20.9 Å². The lowest BCUT2D eigenvalue weighted by atomic mass is 10.4. The quantitative estimate of drug-likeness (QED) is 0.572. The highest BCUT2D eigenvalue weighted by molar-refractivity contribution is 7.99. The molecule has 0 spiro atoms. The SMILES string of the molecule is CCOC(=O)CNC(=O)CSc1nnc(-c2ccco2)n1CC. The molecule has 0 bridgehead atoms. The molecule has 0 atom stereocenters. The number of ether oxygens (including phenoxy) is 1. The Labute approximate surface area is 137 Å². The number of carbonyl (C=O) groups excluding carboxylic acids is 2. The first kappa shape index (κ1) is 17.1. The minimum Gasteiger partial charge on any atom is -0.465 e. The number of thioether (sulfide) groups is 1. The standard InChI is InChI=1S/C14H18N4O4S/c1-3-18-13(10-6-5-7-22-10)16-17-14(18)23-9-11(19)15-8-12(20)21-4-2/h5-7H,3-4,8-9H2,1-2H3,(H,15,19). The third-order valence-corrected chi connectivity index (χ3v) is 3.81. The number of hydrogen-bond donors (Lipinski definition) is 1. The Hall–Kier alpha value is -2.29. The van der Waals surface area contributed by atoms with E-state index in [9.17, 15) is 9.59 Å². The van der Waals surface area contributed by atoms with Gasteiger partial charge in [-0.1, -0.05) is 11.8 Å². The Morgan fingerprint density at radius 3 is 2.87 bits per heavy atom. The number of nitrogens with zero attached hydrogens (tertiary/aromatic N) is 3. The lowest BCUT2D eigenvalue weighted by Gasteiger charge is -2.06. The van der Waals surface area contributed by atoms with Crippen LogP contribution in [0.25, 0.3) is 11.6 Å². The largest absolute Gasteiger partial charge is 0.465 e. The molecular formula is C14H18N4O4S. The van der Waals surface area contributed by atoms with Gasteiger partial charge < -0.3 is 14.5 Å². The first-order chi connectivity index (χ1) is 11.2. The Bertz CT molecular complexity index is 654. The highest BCUT2D eigenvalue weighted by Gasteiger charge is 2.16. The van der Waals surface area contributed by atoms with Crippen molar-refractivity contribution in [3.8, 4) is 11.6 Å². The minimum atomic E-state index is -0.456. The number of rotatable bonds is 8. The van der Waals surface area contributed by atoms with Crippen LogP contribution in [0.15, 0.2) is 28.0 Å². The van der Waals surface area contributed by atoms with E-state index in [2.05, 4.69) is 15.5 Å². The van der Waals surface area contributed by atoms with Crippen molar-refractivity contribution in [2.24, 2.45) is 0 Å². The topological polar surface area (TPSA) is 99.2 Å². The summed E-state index contributed by atoms with van der Waals surface area (Å²) in [6.45, 7) is 4.48. The van der Waals surface area contributed by atoms with Crippen molar-refractivity contribution >= 4 is 23.6 Å². The fraction of sp³-hybridized carbons (Fsp3) is 0.429. The highest BCUT2D eigenvalue weighted by atomic mass is 32.2. The van der Waals surface area contributed by atoms with Crippen molar-refractivity contribution < 1.29 is 18.7 Å².